The van der Waals surface area contributed by atoms with Gasteiger partial charge in [-0.25, -0.2) is 4.79 Å². The third kappa shape index (κ3) is 5.23. The van der Waals surface area contributed by atoms with Crippen LogP contribution in [0.25, 0.3) is 0 Å². The van der Waals surface area contributed by atoms with E-state index in [0.717, 1.165) is 13.1 Å². The Morgan fingerprint density at radius 3 is 2.67 bits per heavy atom. The highest BCUT2D eigenvalue weighted by Gasteiger charge is 2.23. The lowest BCUT2D eigenvalue weighted by atomic mass is 9.92. The van der Waals surface area contributed by atoms with Crippen molar-refractivity contribution in [3.8, 4) is 0 Å². The highest BCUT2D eigenvalue weighted by atomic mass is 16.3. The van der Waals surface area contributed by atoms with E-state index in [1.54, 1.807) is 18.4 Å². The number of hydrogen-bond donors (Lipinski definition) is 2. The van der Waals surface area contributed by atoms with Crippen molar-refractivity contribution in [3.05, 3.63) is 24.2 Å². The minimum absolute atomic E-state index is 0.267. The zero-order valence-corrected chi connectivity index (χ0v) is 12.6. The van der Waals surface area contributed by atoms with Crippen molar-refractivity contribution >= 4 is 11.9 Å². The van der Waals surface area contributed by atoms with Gasteiger partial charge in [0.05, 0.1) is 19.4 Å². The smallest absolute Gasteiger partial charge is 0.321 e. The van der Waals surface area contributed by atoms with E-state index in [1.807, 2.05) is 0 Å². The van der Waals surface area contributed by atoms with Crippen molar-refractivity contribution in [2.45, 2.75) is 26.8 Å². The number of imide groups is 1. The molecule has 1 aliphatic rings. The van der Waals surface area contributed by atoms with E-state index in [1.165, 1.54) is 6.42 Å². The Kier molecular flexibility index (Phi) is 5.38. The van der Waals surface area contributed by atoms with Crippen LogP contribution in [0.1, 0.15) is 26.0 Å². The molecule has 21 heavy (non-hydrogen) atoms. The number of urea groups is 1. The molecule has 6 heteroatoms. The molecule has 116 valence electrons. The summed E-state index contributed by atoms with van der Waals surface area (Å²) >= 11 is 0. The molecule has 3 amide bonds. The number of carbonyl (C=O) groups excluding carboxylic acids is 2. The van der Waals surface area contributed by atoms with Crippen LogP contribution in [0.3, 0.4) is 0 Å². The predicted molar refractivity (Wildman–Crippen MR) is 78.5 cm³/mol. The molecule has 1 saturated heterocycles. The van der Waals surface area contributed by atoms with Gasteiger partial charge in [-0.2, -0.15) is 0 Å². The van der Waals surface area contributed by atoms with Gasteiger partial charge in [0, 0.05) is 13.1 Å². The monoisotopic (exact) mass is 293 g/mol. The zero-order chi connectivity index (χ0) is 15.2. The summed E-state index contributed by atoms with van der Waals surface area (Å²) in [4.78, 5) is 25.6. The average molecular weight is 293 g/mol. The van der Waals surface area contributed by atoms with Gasteiger partial charge in [0.15, 0.2) is 0 Å². The Hall–Kier alpha value is -1.82. The van der Waals surface area contributed by atoms with E-state index in [2.05, 4.69) is 29.4 Å². The molecule has 1 fully saturated rings. The average Bonchev–Trinajstić information content (AvgIpc) is 2.87. The Morgan fingerprint density at radius 2 is 2.05 bits per heavy atom. The first kappa shape index (κ1) is 15.6. The number of hydrogen-bond acceptors (Lipinski definition) is 4. The number of furan rings is 1. The third-order valence-corrected chi connectivity index (χ3v) is 3.57. The molecule has 2 N–H and O–H groups in total. The van der Waals surface area contributed by atoms with Gasteiger partial charge in [-0.1, -0.05) is 13.8 Å². The lowest BCUT2D eigenvalue weighted by Gasteiger charge is -2.34. The molecule has 2 unspecified atom stereocenters. The van der Waals surface area contributed by atoms with E-state index in [4.69, 9.17) is 4.42 Å². The number of rotatable bonds is 4. The topological polar surface area (TPSA) is 74.6 Å². The van der Waals surface area contributed by atoms with Crippen molar-refractivity contribution < 1.29 is 14.0 Å². The molecule has 0 spiro atoms. The summed E-state index contributed by atoms with van der Waals surface area (Å²) in [7, 11) is 0. The Balaban J connectivity index is 1.69. The van der Waals surface area contributed by atoms with Crippen molar-refractivity contribution in [2.24, 2.45) is 11.8 Å². The molecule has 0 aromatic carbocycles. The molecule has 0 saturated carbocycles. The van der Waals surface area contributed by atoms with Crippen LogP contribution in [0.15, 0.2) is 22.8 Å². The highest BCUT2D eigenvalue weighted by molar-refractivity contribution is 5.95. The van der Waals surface area contributed by atoms with Gasteiger partial charge < -0.3 is 9.73 Å². The van der Waals surface area contributed by atoms with E-state index < -0.39 is 6.03 Å². The number of amides is 3. The van der Waals surface area contributed by atoms with Crippen LogP contribution in [0.4, 0.5) is 4.79 Å². The lowest BCUT2D eigenvalue weighted by molar-refractivity contribution is -0.121. The Morgan fingerprint density at radius 1 is 1.33 bits per heavy atom. The summed E-state index contributed by atoms with van der Waals surface area (Å²) in [5.74, 6) is 1.56. The highest BCUT2D eigenvalue weighted by Crippen LogP contribution is 2.20. The van der Waals surface area contributed by atoms with Crippen molar-refractivity contribution in [3.63, 3.8) is 0 Å². The first-order valence-electron chi connectivity index (χ1n) is 7.35. The van der Waals surface area contributed by atoms with Gasteiger partial charge in [-0.05, 0) is 30.4 Å². The van der Waals surface area contributed by atoms with Gasteiger partial charge in [-0.3, -0.25) is 15.0 Å². The van der Waals surface area contributed by atoms with Crippen LogP contribution in [-0.2, 0) is 11.3 Å². The van der Waals surface area contributed by atoms with Gasteiger partial charge in [0.25, 0.3) is 0 Å². The number of likely N-dealkylation sites (tertiary alicyclic amines) is 1. The fourth-order valence-electron chi connectivity index (χ4n) is 2.92. The summed E-state index contributed by atoms with van der Waals surface area (Å²) in [5, 5.41) is 4.93. The van der Waals surface area contributed by atoms with Crippen LogP contribution < -0.4 is 10.6 Å². The van der Waals surface area contributed by atoms with Crippen LogP contribution in [0.5, 0.6) is 0 Å². The van der Waals surface area contributed by atoms with E-state index in [-0.39, 0.29) is 19.0 Å². The molecule has 0 radical (unpaired) electrons. The SMILES string of the molecule is CC1CC(C)CN(CC(=O)NC(=O)NCc2ccco2)C1. The van der Waals surface area contributed by atoms with Crippen molar-refractivity contribution in [1.82, 2.24) is 15.5 Å². The first-order chi connectivity index (χ1) is 10.0. The number of nitrogens with zero attached hydrogens (tertiary/aromatic N) is 1. The molecule has 2 atom stereocenters. The molecule has 0 bridgehead atoms. The number of carbonyl (C=O) groups is 2. The molecule has 1 aromatic rings. The minimum atomic E-state index is -0.491. The second kappa shape index (κ2) is 7.26. The molecular weight excluding hydrogens is 270 g/mol. The Labute approximate surface area is 124 Å². The normalized spacial score (nSPS) is 22.8. The molecular formula is C15H23N3O3. The van der Waals surface area contributed by atoms with Crippen molar-refractivity contribution in [1.29, 1.82) is 0 Å². The summed E-state index contributed by atoms with van der Waals surface area (Å²) in [5.41, 5.74) is 0. The Bertz CT molecular complexity index is 463. The standard InChI is InChI=1S/C15H23N3O3/c1-11-6-12(2)9-18(8-11)10-14(19)17-15(20)16-7-13-4-3-5-21-13/h3-5,11-12H,6-10H2,1-2H3,(H2,16,17,19,20). The van der Waals surface area contributed by atoms with Crippen LogP contribution >= 0.6 is 0 Å². The summed E-state index contributed by atoms with van der Waals surface area (Å²) in [6, 6.07) is 3.02. The number of piperidine rings is 1. The molecule has 1 aliphatic heterocycles. The van der Waals surface area contributed by atoms with E-state index in [0.29, 0.717) is 17.6 Å². The third-order valence-electron chi connectivity index (χ3n) is 3.57. The fraction of sp³-hybridized carbons (Fsp3) is 0.600. The largest absolute Gasteiger partial charge is 0.467 e. The molecule has 2 rings (SSSR count). The number of nitrogens with one attached hydrogen (secondary N) is 2. The van der Waals surface area contributed by atoms with Gasteiger partial charge in [0.2, 0.25) is 5.91 Å². The maximum atomic E-state index is 11.9. The molecule has 6 nitrogen and oxygen atoms in total. The first-order valence-corrected chi connectivity index (χ1v) is 7.35. The molecule has 2 heterocycles. The van der Waals surface area contributed by atoms with Crippen LogP contribution in [-0.4, -0.2) is 36.5 Å². The molecule has 0 aliphatic carbocycles. The maximum absolute atomic E-state index is 11.9. The summed E-state index contributed by atoms with van der Waals surface area (Å²) in [6.07, 6.45) is 2.74. The minimum Gasteiger partial charge on any atom is -0.467 e. The lowest BCUT2D eigenvalue weighted by Crippen LogP contribution is -2.47. The van der Waals surface area contributed by atoms with Crippen molar-refractivity contribution in [2.75, 3.05) is 19.6 Å². The predicted octanol–water partition coefficient (Wildman–Crippen LogP) is 1.58. The van der Waals surface area contributed by atoms with Gasteiger partial charge in [0.1, 0.15) is 5.76 Å². The zero-order valence-electron chi connectivity index (χ0n) is 12.6. The van der Waals surface area contributed by atoms with Crippen LogP contribution in [0.2, 0.25) is 0 Å². The summed E-state index contributed by atoms with van der Waals surface area (Å²) < 4.78 is 5.10. The van der Waals surface area contributed by atoms with Gasteiger partial charge >= 0.3 is 6.03 Å². The van der Waals surface area contributed by atoms with Crippen LogP contribution in [0, 0.1) is 11.8 Å². The van der Waals surface area contributed by atoms with Gasteiger partial charge in [-0.15, -0.1) is 0 Å². The molecule has 1 aromatic heterocycles. The maximum Gasteiger partial charge on any atom is 0.321 e. The second-order valence-electron chi connectivity index (χ2n) is 5.95. The second-order valence-corrected chi connectivity index (χ2v) is 5.95. The quantitative estimate of drug-likeness (QED) is 0.884. The van der Waals surface area contributed by atoms with E-state index in [9.17, 15) is 9.59 Å². The van der Waals surface area contributed by atoms with E-state index >= 15 is 0 Å². The fourth-order valence-corrected chi connectivity index (χ4v) is 2.92. The summed E-state index contributed by atoms with van der Waals surface area (Å²) in [6.45, 7) is 6.73.